The number of hydrogen-bond acceptors (Lipinski definition) is 3. The fourth-order valence-electron chi connectivity index (χ4n) is 2.29. The van der Waals surface area contributed by atoms with Crippen LogP contribution < -0.4 is 10.0 Å². The molecule has 0 spiro atoms. The van der Waals surface area contributed by atoms with E-state index in [9.17, 15) is 8.42 Å². The first-order valence-corrected chi connectivity index (χ1v) is 9.06. The summed E-state index contributed by atoms with van der Waals surface area (Å²) in [5.41, 5.74) is 1.89. The molecule has 0 bridgehead atoms. The second-order valence-corrected chi connectivity index (χ2v) is 8.11. The number of nitrogens with one attached hydrogen (secondary N) is 2. The second-order valence-electron chi connectivity index (χ2n) is 5.58. The normalized spacial score (nSPS) is 22.0. The van der Waals surface area contributed by atoms with E-state index in [0.29, 0.717) is 34.3 Å². The largest absolute Gasteiger partial charge is 0.316 e. The third-order valence-electron chi connectivity index (χ3n) is 3.76. The van der Waals surface area contributed by atoms with Crippen molar-refractivity contribution < 1.29 is 8.42 Å². The Hall–Kier alpha value is -0.430. The Morgan fingerprint density at radius 2 is 2.05 bits per heavy atom. The molecule has 0 aliphatic heterocycles. The molecule has 1 aromatic rings. The lowest BCUT2D eigenvalue weighted by molar-refractivity contribution is 0.573. The van der Waals surface area contributed by atoms with Crippen molar-refractivity contribution in [2.45, 2.75) is 31.7 Å². The van der Waals surface area contributed by atoms with Crippen LogP contribution in [-0.2, 0) is 16.6 Å². The van der Waals surface area contributed by atoms with Crippen LogP contribution in [0.25, 0.3) is 0 Å². The molecule has 20 heavy (non-hydrogen) atoms. The highest BCUT2D eigenvalue weighted by atomic mass is 79.9. The van der Waals surface area contributed by atoms with Crippen LogP contribution in [-0.4, -0.2) is 22.0 Å². The van der Waals surface area contributed by atoms with Crippen LogP contribution in [0.4, 0.5) is 0 Å². The number of rotatable bonds is 6. The van der Waals surface area contributed by atoms with Gasteiger partial charge in [-0.2, -0.15) is 0 Å². The van der Waals surface area contributed by atoms with Crippen LogP contribution in [0.15, 0.2) is 21.5 Å². The molecule has 6 heteroatoms. The van der Waals surface area contributed by atoms with Crippen molar-refractivity contribution in [1.82, 2.24) is 10.0 Å². The lowest BCUT2D eigenvalue weighted by Crippen LogP contribution is -2.27. The maximum Gasteiger partial charge on any atom is 0.241 e. The van der Waals surface area contributed by atoms with Gasteiger partial charge in [0.25, 0.3) is 0 Å². The summed E-state index contributed by atoms with van der Waals surface area (Å²) in [5, 5.41) is 3.04. The molecule has 2 N–H and O–H groups in total. The van der Waals surface area contributed by atoms with Crippen molar-refractivity contribution in [2.24, 2.45) is 11.8 Å². The van der Waals surface area contributed by atoms with Gasteiger partial charge in [-0.1, -0.05) is 13.0 Å². The quantitative estimate of drug-likeness (QED) is 0.818. The smallest absolute Gasteiger partial charge is 0.241 e. The van der Waals surface area contributed by atoms with Crippen molar-refractivity contribution in [3.63, 3.8) is 0 Å². The molecule has 1 saturated carbocycles. The molecule has 1 aliphatic rings. The van der Waals surface area contributed by atoms with Crippen molar-refractivity contribution in [3.05, 3.63) is 27.7 Å². The maximum absolute atomic E-state index is 12.4. The Kier molecular flexibility index (Phi) is 4.89. The molecule has 2 unspecified atom stereocenters. The molecule has 0 heterocycles. The van der Waals surface area contributed by atoms with Crippen molar-refractivity contribution >= 4 is 26.0 Å². The van der Waals surface area contributed by atoms with Crippen LogP contribution in [0.3, 0.4) is 0 Å². The second kappa shape index (κ2) is 6.13. The number of sulfonamides is 1. The van der Waals surface area contributed by atoms with Gasteiger partial charge in [0.2, 0.25) is 10.0 Å². The van der Waals surface area contributed by atoms with Gasteiger partial charge in [0.05, 0.1) is 4.90 Å². The molecule has 1 fully saturated rings. The van der Waals surface area contributed by atoms with E-state index >= 15 is 0 Å². The number of halogens is 1. The molecule has 0 aromatic heterocycles. The predicted octanol–water partition coefficient (Wildman–Crippen LogP) is 2.41. The molecule has 1 aromatic carbocycles. The topological polar surface area (TPSA) is 58.2 Å². The first kappa shape index (κ1) is 15.9. The number of aryl methyl sites for hydroxylation is 1. The molecule has 0 radical (unpaired) electrons. The van der Waals surface area contributed by atoms with Gasteiger partial charge >= 0.3 is 0 Å². The molecule has 1 aliphatic carbocycles. The summed E-state index contributed by atoms with van der Waals surface area (Å²) >= 11 is 3.40. The van der Waals surface area contributed by atoms with Crippen molar-refractivity contribution in [2.75, 3.05) is 13.6 Å². The SMILES string of the molecule is CNCc1cc(C)c(Br)c(S(=O)(=O)NCC2CC2C)c1. The van der Waals surface area contributed by atoms with Crippen LogP contribution in [0, 0.1) is 18.8 Å². The van der Waals surface area contributed by atoms with E-state index < -0.39 is 10.0 Å². The van der Waals surface area contributed by atoms with Gasteiger partial charge in [-0.3, -0.25) is 0 Å². The minimum absolute atomic E-state index is 0.330. The van der Waals surface area contributed by atoms with E-state index in [2.05, 4.69) is 32.9 Å². The fraction of sp³-hybridized carbons (Fsp3) is 0.571. The Morgan fingerprint density at radius 3 is 2.60 bits per heavy atom. The predicted molar refractivity (Wildman–Crippen MR) is 84.1 cm³/mol. The van der Waals surface area contributed by atoms with Gasteiger partial charge in [-0.05, 0) is 65.4 Å². The van der Waals surface area contributed by atoms with Gasteiger partial charge in [0.15, 0.2) is 0 Å². The Balaban J connectivity index is 2.24. The molecule has 2 atom stereocenters. The summed E-state index contributed by atoms with van der Waals surface area (Å²) in [5.74, 6) is 1.13. The van der Waals surface area contributed by atoms with Crippen LogP contribution in [0.1, 0.15) is 24.5 Å². The monoisotopic (exact) mass is 360 g/mol. The maximum atomic E-state index is 12.4. The average molecular weight is 361 g/mol. The lowest BCUT2D eigenvalue weighted by Gasteiger charge is -2.12. The minimum Gasteiger partial charge on any atom is -0.316 e. The highest BCUT2D eigenvalue weighted by Gasteiger charge is 2.33. The molecular weight excluding hydrogens is 340 g/mol. The van der Waals surface area contributed by atoms with E-state index in [4.69, 9.17) is 0 Å². The Morgan fingerprint density at radius 1 is 1.40 bits per heavy atom. The van der Waals surface area contributed by atoms with E-state index in [1.807, 2.05) is 20.0 Å². The van der Waals surface area contributed by atoms with E-state index in [1.54, 1.807) is 6.07 Å². The molecule has 0 saturated heterocycles. The highest BCUT2D eigenvalue weighted by Crippen LogP contribution is 2.37. The van der Waals surface area contributed by atoms with Crippen molar-refractivity contribution in [3.8, 4) is 0 Å². The van der Waals surface area contributed by atoms with Crippen molar-refractivity contribution in [1.29, 1.82) is 0 Å². The standard InChI is InChI=1S/C14H21BrN2O2S/c1-9-5-12(9)8-17-20(18,19)13-6-11(7-16-3)4-10(2)14(13)15/h4,6,9,12,16-17H,5,7-8H2,1-3H3. The molecule has 2 rings (SSSR count). The van der Waals surface area contributed by atoms with E-state index in [1.165, 1.54) is 0 Å². The molecule has 0 amide bonds. The summed E-state index contributed by atoms with van der Waals surface area (Å²) < 4.78 is 28.3. The first-order chi connectivity index (χ1) is 9.35. The highest BCUT2D eigenvalue weighted by molar-refractivity contribution is 9.10. The average Bonchev–Trinajstić information content (AvgIpc) is 3.07. The van der Waals surface area contributed by atoms with Gasteiger partial charge in [-0.15, -0.1) is 0 Å². The lowest BCUT2D eigenvalue weighted by atomic mass is 10.1. The Bertz CT molecular complexity index is 601. The van der Waals surface area contributed by atoms with Gasteiger partial charge in [0.1, 0.15) is 0 Å². The summed E-state index contributed by atoms with van der Waals surface area (Å²) in [6.45, 7) is 5.24. The summed E-state index contributed by atoms with van der Waals surface area (Å²) in [6.07, 6.45) is 1.11. The molecule has 4 nitrogen and oxygen atoms in total. The van der Waals surface area contributed by atoms with E-state index in [0.717, 1.165) is 17.5 Å². The van der Waals surface area contributed by atoms with Crippen LogP contribution in [0.5, 0.6) is 0 Å². The zero-order valence-electron chi connectivity index (χ0n) is 12.0. The first-order valence-electron chi connectivity index (χ1n) is 6.78. The van der Waals surface area contributed by atoms with Crippen LogP contribution in [0.2, 0.25) is 0 Å². The molecular formula is C14H21BrN2O2S. The van der Waals surface area contributed by atoms with Gasteiger partial charge in [-0.25, -0.2) is 13.1 Å². The van der Waals surface area contributed by atoms with Gasteiger partial charge in [0, 0.05) is 17.6 Å². The number of benzene rings is 1. The third-order valence-corrected chi connectivity index (χ3v) is 6.53. The number of hydrogen-bond donors (Lipinski definition) is 2. The zero-order valence-corrected chi connectivity index (χ0v) is 14.4. The van der Waals surface area contributed by atoms with E-state index in [-0.39, 0.29) is 0 Å². The van der Waals surface area contributed by atoms with Gasteiger partial charge < -0.3 is 5.32 Å². The molecule has 112 valence electrons. The zero-order chi connectivity index (χ0) is 14.9. The third kappa shape index (κ3) is 3.61. The fourth-order valence-corrected chi connectivity index (χ4v) is 4.45. The summed E-state index contributed by atoms with van der Waals surface area (Å²) in [4.78, 5) is 0.330. The minimum atomic E-state index is -3.46. The van der Waals surface area contributed by atoms with Crippen LogP contribution >= 0.6 is 15.9 Å². The Labute approximate surface area is 129 Å². The summed E-state index contributed by atoms with van der Waals surface area (Å²) in [7, 11) is -1.61. The summed E-state index contributed by atoms with van der Waals surface area (Å²) in [6, 6.07) is 3.72.